The minimum absolute atomic E-state index is 0.516. The topological polar surface area (TPSA) is 47.3 Å². The van der Waals surface area contributed by atoms with Gasteiger partial charge in [0.1, 0.15) is 0 Å². The third kappa shape index (κ3) is 1.88. The summed E-state index contributed by atoms with van der Waals surface area (Å²) in [6.45, 7) is 4.23. The molecule has 0 atom stereocenters. The molecule has 0 saturated carbocycles. The predicted molar refractivity (Wildman–Crippen MR) is 56.9 cm³/mol. The highest BCUT2D eigenvalue weighted by atomic mass is 16.1. The molecule has 0 N–H and O–H groups in total. The molecular formula is C11H13N3O. The molecule has 2 heterocycles. The molecule has 0 unspecified atom stereocenters. The molecule has 4 heteroatoms. The molecule has 0 saturated heterocycles. The highest BCUT2D eigenvalue weighted by molar-refractivity contribution is 5.83. The van der Waals surface area contributed by atoms with Gasteiger partial charge >= 0.3 is 0 Å². The lowest BCUT2D eigenvalue weighted by Crippen LogP contribution is -1.96. The first-order valence-corrected chi connectivity index (χ1v) is 5.00. The zero-order valence-corrected chi connectivity index (χ0v) is 8.84. The second-order valence-electron chi connectivity index (χ2n) is 3.98. The number of pyridine rings is 1. The first kappa shape index (κ1) is 9.83. The van der Waals surface area contributed by atoms with E-state index in [0.29, 0.717) is 17.1 Å². The molecule has 0 aromatic carbocycles. The van der Waals surface area contributed by atoms with Crippen LogP contribution in [-0.2, 0) is 6.42 Å². The van der Waals surface area contributed by atoms with E-state index in [1.807, 2.05) is 0 Å². The molecular weight excluding hydrogens is 190 g/mol. The molecule has 0 aliphatic heterocycles. The number of carbonyl (C=O) groups is 1. The lowest BCUT2D eigenvalue weighted by atomic mass is 10.1. The van der Waals surface area contributed by atoms with Crippen LogP contribution in [0.25, 0.3) is 5.65 Å². The maximum absolute atomic E-state index is 10.8. The molecule has 4 nitrogen and oxygen atoms in total. The Hall–Kier alpha value is -1.71. The molecule has 2 rings (SSSR count). The van der Waals surface area contributed by atoms with Gasteiger partial charge in [-0.25, -0.2) is 9.50 Å². The summed E-state index contributed by atoms with van der Waals surface area (Å²) in [6.07, 6.45) is 3.45. The van der Waals surface area contributed by atoms with Gasteiger partial charge in [0.25, 0.3) is 0 Å². The van der Waals surface area contributed by atoms with Crippen LogP contribution in [-0.4, -0.2) is 20.9 Å². The lowest BCUT2D eigenvalue weighted by Gasteiger charge is -1.96. The summed E-state index contributed by atoms with van der Waals surface area (Å²) in [5.74, 6) is 1.31. The number of carbonyl (C=O) groups excluding carboxylic acids is 1. The minimum Gasteiger partial charge on any atom is -0.298 e. The van der Waals surface area contributed by atoms with Gasteiger partial charge in [0.15, 0.2) is 17.8 Å². The number of nitrogens with zero attached hydrogens (tertiary/aromatic N) is 3. The van der Waals surface area contributed by atoms with Crippen molar-refractivity contribution in [1.82, 2.24) is 14.6 Å². The zero-order valence-electron chi connectivity index (χ0n) is 8.84. The van der Waals surface area contributed by atoms with E-state index in [4.69, 9.17) is 0 Å². The van der Waals surface area contributed by atoms with E-state index in [1.165, 1.54) is 0 Å². The van der Waals surface area contributed by atoms with Crippen LogP contribution >= 0.6 is 0 Å². The molecule has 0 fully saturated rings. The maximum Gasteiger partial charge on any atom is 0.166 e. The summed E-state index contributed by atoms with van der Waals surface area (Å²) >= 11 is 0. The first-order chi connectivity index (χ1) is 7.20. The largest absolute Gasteiger partial charge is 0.298 e. The molecule has 2 aromatic heterocycles. The predicted octanol–water partition coefficient (Wildman–Crippen LogP) is 1.74. The summed E-state index contributed by atoms with van der Waals surface area (Å²) in [5, 5.41) is 4.31. The van der Waals surface area contributed by atoms with Crippen molar-refractivity contribution in [2.24, 2.45) is 5.92 Å². The minimum atomic E-state index is 0.516. The second kappa shape index (κ2) is 3.81. The number of hydrogen-bond donors (Lipinski definition) is 0. The average molecular weight is 203 g/mol. The normalized spacial score (nSPS) is 11.1. The molecule has 0 amide bonds. The van der Waals surface area contributed by atoms with Crippen LogP contribution in [0, 0.1) is 5.92 Å². The zero-order chi connectivity index (χ0) is 10.8. The van der Waals surface area contributed by atoms with Gasteiger partial charge in [-0.3, -0.25) is 4.79 Å². The third-order valence-corrected chi connectivity index (χ3v) is 2.15. The monoisotopic (exact) mass is 203 g/mol. The maximum atomic E-state index is 10.8. The Kier molecular flexibility index (Phi) is 2.49. The highest BCUT2D eigenvalue weighted by Gasteiger charge is 2.08. The second-order valence-corrected chi connectivity index (χ2v) is 3.98. The first-order valence-electron chi connectivity index (χ1n) is 5.00. The van der Waals surface area contributed by atoms with E-state index < -0.39 is 0 Å². The average Bonchev–Trinajstić information content (AvgIpc) is 2.58. The Balaban J connectivity index is 2.50. The van der Waals surface area contributed by atoms with E-state index >= 15 is 0 Å². The van der Waals surface area contributed by atoms with E-state index in [9.17, 15) is 4.79 Å². The van der Waals surface area contributed by atoms with Crippen molar-refractivity contribution in [3.63, 3.8) is 0 Å². The summed E-state index contributed by atoms with van der Waals surface area (Å²) < 4.78 is 1.65. The summed E-state index contributed by atoms with van der Waals surface area (Å²) in [4.78, 5) is 15.1. The number of hydrogen-bond acceptors (Lipinski definition) is 3. The molecule has 15 heavy (non-hydrogen) atoms. The fourth-order valence-electron chi connectivity index (χ4n) is 1.51. The van der Waals surface area contributed by atoms with Gasteiger partial charge in [0.05, 0.1) is 5.56 Å². The Bertz CT molecular complexity index is 488. The Morgan fingerprint density at radius 2 is 2.33 bits per heavy atom. The van der Waals surface area contributed by atoms with Crippen molar-refractivity contribution in [1.29, 1.82) is 0 Å². The molecule has 0 aliphatic rings. The quantitative estimate of drug-likeness (QED) is 0.714. The van der Waals surface area contributed by atoms with Crippen LogP contribution in [0.3, 0.4) is 0 Å². The van der Waals surface area contributed by atoms with Crippen molar-refractivity contribution < 1.29 is 4.79 Å². The number of aromatic nitrogens is 3. The van der Waals surface area contributed by atoms with Gasteiger partial charge in [-0.2, -0.15) is 5.10 Å². The fourth-order valence-corrected chi connectivity index (χ4v) is 1.51. The van der Waals surface area contributed by atoms with Crippen LogP contribution in [0.2, 0.25) is 0 Å². The lowest BCUT2D eigenvalue weighted by molar-refractivity contribution is 0.112. The van der Waals surface area contributed by atoms with Crippen molar-refractivity contribution in [2.45, 2.75) is 20.3 Å². The van der Waals surface area contributed by atoms with Gasteiger partial charge < -0.3 is 0 Å². The van der Waals surface area contributed by atoms with Gasteiger partial charge in [-0.1, -0.05) is 13.8 Å². The van der Waals surface area contributed by atoms with Crippen LogP contribution in [0.1, 0.15) is 30.0 Å². The number of rotatable bonds is 3. The molecule has 0 radical (unpaired) electrons. The number of aldehydes is 1. The van der Waals surface area contributed by atoms with E-state index in [2.05, 4.69) is 23.9 Å². The van der Waals surface area contributed by atoms with Crippen molar-refractivity contribution in [2.75, 3.05) is 0 Å². The number of fused-ring (bicyclic) bond motifs is 1. The standard InChI is InChI=1S/C11H13N3O/c1-8(2)6-10-12-11-9(7-15)4-3-5-14(11)13-10/h3-5,7-8H,6H2,1-2H3. The SMILES string of the molecule is CC(C)Cc1nc2c(C=O)cccn2n1. The van der Waals surface area contributed by atoms with Gasteiger partial charge in [0, 0.05) is 12.6 Å². The Labute approximate surface area is 87.9 Å². The van der Waals surface area contributed by atoms with Crippen LogP contribution in [0.5, 0.6) is 0 Å². The third-order valence-electron chi connectivity index (χ3n) is 2.15. The van der Waals surface area contributed by atoms with Crippen LogP contribution in [0.15, 0.2) is 18.3 Å². The molecule has 0 bridgehead atoms. The van der Waals surface area contributed by atoms with Crippen molar-refractivity contribution in [3.05, 3.63) is 29.7 Å². The summed E-state index contributed by atoms with van der Waals surface area (Å²) in [5.41, 5.74) is 1.23. The van der Waals surface area contributed by atoms with Crippen LogP contribution < -0.4 is 0 Å². The van der Waals surface area contributed by atoms with E-state index in [0.717, 1.165) is 18.5 Å². The van der Waals surface area contributed by atoms with Gasteiger partial charge in [0.2, 0.25) is 0 Å². The highest BCUT2D eigenvalue weighted by Crippen LogP contribution is 2.09. The molecule has 0 spiro atoms. The summed E-state index contributed by atoms with van der Waals surface area (Å²) in [6, 6.07) is 3.54. The Morgan fingerprint density at radius 3 is 3.00 bits per heavy atom. The van der Waals surface area contributed by atoms with Crippen molar-refractivity contribution in [3.8, 4) is 0 Å². The molecule has 2 aromatic rings. The fraction of sp³-hybridized carbons (Fsp3) is 0.364. The summed E-state index contributed by atoms with van der Waals surface area (Å²) in [7, 11) is 0. The van der Waals surface area contributed by atoms with E-state index in [1.54, 1.807) is 22.8 Å². The van der Waals surface area contributed by atoms with Crippen LogP contribution in [0.4, 0.5) is 0 Å². The molecule has 0 aliphatic carbocycles. The van der Waals surface area contributed by atoms with E-state index in [-0.39, 0.29) is 0 Å². The van der Waals surface area contributed by atoms with Gasteiger partial charge in [-0.05, 0) is 18.1 Å². The van der Waals surface area contributed by atoms with Crippen molar-refractivity contribution >= 4 is 11.9 Å². The molecule has 78 valence electrons. The smallest absolute Gasteiger partial charge is 0.166 e. The van der Waals surface area contributed by atoms with Gasteiger partial charge in [-0.15, -0.1) is 0 Å². The Morgan fingerprint density at radius 1 is 1.53 bits per heavy atom.